The van der Waals surface area contributed by atoms with Crippen LogP contribution in [-0.4, -0.2) is 41.2 Å². The maximum absolute atomic E-state index is 10.5. The molecule has 0 aromatic heterocycles. The number of unbranched alkanes of at least 4 members (excludes halogenated alkanes) is 23. The van der Waals surface area contributed by atoms with E-state index in [2.05, 4.69) is 0 Å². The summed E-state index contributed by atoms with van der Waals surface area (Å²) < 4.78 is 16.4. The maximum Gasteiger partial charge on any atom is 0.500 e. The first-order valence-electron chi connectivity index (χ1n) is 15.5. The number of carboxylic acids is 1. The zero-order valence-electron chi connectivity index (χ0n) is 24.5. The van der Waals surface area contributed by atoms with Crippen LogP contribution >= 0.6 is 0 Å². The molecular formula is C30H62O5Si. The van der Waals surface area contributed by atoms with Crippen LogP contribution in [0.3, 0.4) is 0 Å². The summed E-state index contributed by atoms with van der Waals surface area (Å²) in [7, 11) is 2.75. The molecule has 0 radical (unpaired) electrons. The lowest BCUT2D eigenvalue weighted by Crippen LogP contribution is -2.42. The highest BCUT2D eigenvalue weighted by atomic mass is 28.4. The topological polar surface area (TPSA) is 65.0 Å². The van der Waals surface area contributed by atoms with Crippen LogP contribution < -0.4 is 0 Å². The zero-order chi connectivity index (χ0) is 26.6. The zero-order valence-corrected chi connectivity index (χ0v) is 25.5. The minimum Gasteiger partial charge on any atom is -0.481 e. The molecule has 0 saturated heterocycles. The number of rotatable bonds is 30. The van der Waals surface area contributed by atoms with E-state index in [1.54, 1.807) is 21.3 Å². The Labute approximate surface area is 225 Å². The monoisotopic (exact) mass is 530 g/mol. The number of carboxylic acid groups (broad SMARTS) is 1. The molecule has 0 amide bonds. The van der Waals surface area contributed by atoms with Crippen molar-refractivity contribution in [1.82, 2.24) is 0 Å². The molecule has 6 heteroatoms. The summed E-state index contributed by atoms with van der Waals surface area (Å²) in [5.74, 6) is -0.655. The Bertz CT molecular complexity index is 448. The molecule has 0 heterocycles. The number of aliphatic carboxylic acids is 1. The number of carbonyl (C=O) groups is 1. The second-order valence-electron chi connectivity index (χ2n) is 10.7. The molecule has 0 spiro atoms. The average molecular weight is 531 g/mol. The standard InChI is InChI=1S/C30H62O5Si/c1-33-36(34-2,35-3)29-27-25-23-21-19-17-15-13-11-9-7-5-4-6-8-10-12-14-16-18-20-22-24-26-28-30(31)32/h4-29H2,1-3H3,(H,31,32). The second-order valence-corrected chi connectivity index (χ2v) is 13.8. The fourth-order valence-corrected chi connectivity index (χ4v) is 6.86. The summed E-state index contributed by atoms with van der Waals surface area (Å²) in [5.41, 5.74) is 0. The molecule has 0 atom stereocenters. The van der Waals surface area contributed by atoms with Crippen molar-refractivity contribution in [2.45, 2.75) is 167 Å². The van der Waals surface area contributed by atoms with Gasteiger partial charge in [0.2, 0.25) is 0 Å². The highest BCUT2D eigenvalue weighted by Crippen LogP contribution is 2.19. The van der Waals surface area contributed by atoms with Gasteiger partial charge in [0.05, 0.1) is 0 Å². The molecule has 0 aliphatic rings. The summed E-state index contributed by atoms with van der Waals surface area (Å²) in [4.78, 5) is 10.5. The van der Waals surface area contributed by atoms with Crippen molar-refractivity contribution in [3.63, 3.8) is 0 Å². The van der Waals surface area contributed by atoms with Gasteiger partial charge in [-0.2, -0.15) is 0 Å². The number of hydrogen-bond acceptors (Lipinski definition) is 4. The molecule has 0 aromatic carbocycles. The molecule has 0 bridgehead atoms. The van der Waals surface area contributed by atoms with Gasteiger partial charge in [0.1, 0.15) is 0 Å². The van der Waals surface area contributed by atoms with Crippen LogP contribution in [0.4, 0.5) is 0 Å². The minimum absolute atomic E-state index is 0.339. The van der Waals surface area contributed by atoms with E-state index in [9.17, 15) is 4.79 Å². The van der Waals surface area contributed by atoms with Crippen molar-refractivity contribution in [1.29, 1.82) is 0 Å². The molecule has 0 aliphatic carbocycles. The van der Waals surface area contributed by atoms with Crippen molar-refractivity contribution >= 4 is 14.8 Å². The molecule has 0 aromatic rings. The Hall–Kier alpha value is -0.433. The van der Waals surface area contributed by atoms with Gasteiger partial charge in [0.15, 0.2) is 0 Å². The van der Waals surface area contributed by atoms with Crippen molar-refractivity contribution in [2.24, 2.45) is 0 Å². The van der Waals surface area contributed by atoms with E-state index in [4.69, 9.17) is 18.4 Å². The Balaban J connectivity index is 3.15. The maximum atomic E-state index is 10.5. The van der Waals surface area contributed by atoms with Crippen LogP contribution in [-0.2, 0) is 18.1 Å². The van der Waals surface area contributed by atoms with Crippen molar-refractivity contribution in [2.75, 3.05) is 21.3 Å². The lowest BCUT2D eigenvalue weighted by Gasteiger charge is -2.24. The third-order valence-corrected chi connectivity index (χ3v) is 10.4. The van der Waals surface area contributed by atoms with Gasteiger partial charge in [-0.3, -0.25) is 4.79 Å². The molecule has 36 heavy (non-hydrogen) atoms. The van der Waals surface area contributed by atoms with Crippen molar-refractivity contribution in [3.8, 4) is 0 Å². The third kappa shape index (κ3) is 23.9. The van der Waals surface area contributed by atoms with Crippen LogP contribution in [0.5, 0.6) is 0 Å². The summed E-state index contributed by atoms with van der Waals surface area (Å²) in [5, 5.41) is 8.62. The first kappa shape index (κ1) is 35.6. The van der Waals surface area contributed by atoms with Gasteiger partial charge < -0.3 is 18.4 Å². The Morgan fingerprint density at radius 2 is 0.667 bits per heavy atom. The summed E-state index contributed by atoms with van der Waals surface area (Å²) in [6.45, 7) is 0. The Morgan fingerprint density at radius 3 is 0.889 bits per heavy atom. The smallest absolute Gasteiger partial charge is 0.481 e. The van der Waals surface area contributed by atoms with Crippen LogP contribution in [0.1, 0.15) is 161 Å². The van der Waals surface area contributed by atoms with Gasteiger partial charge in [0.25, 0.3) is 0 Å². The lowest BCUT2D eigenvalue weighted by molar-refractivity contribution is -0.137. The van der Waals surface area contributed by atoms with Gasteiger partial charge in [-0.25, -0.2) is 0 Å². The molecule has 0 unspecified atom stereocenters. The fraction of sp³-hybridized carbons (Fsp3) is 0.967. The van der Waals surface area contributed by atoms with E-state index in [1.807, 2.05) is 0 Å². The Morgan fingerprint density at radius 1 is 0.444 bits per heavy atom. The average Bonchev–Trinajstić information content (AvgIpc) is 2.88. The van der Waals surface area contributed by atoms with Gasteiger partial charge in [-0.15, -0.1) is 0 Å². The summed E-state index contributed by atoms with van der Waals surface area (Å²) >= 11 is 0. The molecule has 216 valence electrons. The normalized spacial score (nSPS) is 11.9. The van der Waals surface area contributed by atoms with E-state index < -0.39 is 14.8 Å². The van der Waals surface area contributed by atoms with Crippen molar-refractivity contribution in [3.05, 3.63) is 0 Å². The van der Waals surface area contributed by atoms with E-state index in [1.165, 1.54) is 135 Å². The number of hydrogen-bond donors (Lipinski definition) is 1. The highest BCUT2D eigenvalue weighted by Gasteiger charge is 2.36. The molecule has 0 fully saturated rings. The Kier molecular flexibility index (Phi) is 27.3. The first-order valence-corrected chi connectivity index (χ1v) is 17.4. The first-order chi connectivity index (χ1) is 17.6. The van der Waals surface area contributed by atoms with Gasteiger partial charge >= 0.3 is 14.8 Å². The summed E-state index contributed by atoms with van der Waals surface area (Å²) in [6, 6.07) is 0.928. The largest absolute Gasteiger partial charge is 0.500 e. The van der Waals surface area contributed by atoms with Crippen LogP contribution in [0, 0.1) is 0 Å². The molecule has 0 rings (SSSR count). The van der Waals surface area contributed by atoms with Crippen LogP contribution in [0.2, 0.25) is 6.04 Å². The molecule has 5 nitrogen and oxygen atoms in total. The molecule has 0 saturated carbocycles. The predicted molar refractivity (Wildman–Crippen MR) is 155 cm³/mol. The SMILES string of the molecule is CO[Si](CCCCCCCCCCCCCCCCCCCCCCCCCCC(=O)O)(OC)OC. The van der Waals surface area contributed by atoms with E-state index in [-0.39, 0.29) is 0 Å². The fourth-order valence-electron chi connectivity index (χ4n) is 5.06. The van der Waals surface area contributed by atoms with E-state index in [0.29, 0.717) is 6.42 Å². The highest BCUT2D eigenvalue weighted by molar-refractivity contribution is 6.60. The van der Waals surface area contributed by atoms with E-state index >= 15 is 0 Å². The second kappa shape index (κ2) is 27.6. The summed E-state index contributed by atoms with van der Waals surface area (Å²) in [6.07, 6.45) is 32.3. The lowest BCUT2D eigenvalue weighted by atomic mass is 10.0. The van der Waals surface area contributed by atoms with Gasteiger partial charge in [-0.05, 0) is 12.8 Å². The third-order valence-electron chi connectivity index (χ3n) is 7.56. The molecule has 0 aliphatic heterocycles. The molecular weight excluding hydrogens is 468 g/mol. The van der Waals surface area contributed by atoms with Crippen LogP contribution in [0.25, 0.3) is 0 Å². The molecule has 1 N–H and O–H groups in total. The van der Waals surface area contributed by atoms with Crippen molar-refractivity contribution < 1.29 is 23.2 Å². The quantitative estimate of drug-likeness (QED) is 0.0739. The van der Waals surface area contributed by atoms with Crippen LogP contribution in [0.15, 0.2) is 0 Å². The predicted octanol–water partition coefficient (Wildman–Crippen LogP) is 9.70. The minimum atomic E-state index is -2.35. The van der Waals surface area contributed by atoms with Gasteiger partial charge in [0, 0.05) is 33.8 Å². The van der Waals surface area contributed by atoms with E-state index in [0.717, 1.165) is 25.3 Å². The van der Waals surface area contributed by atoms with Gasteiger partial charge in [-0.1, -0.05) is 141 Å².